The Balaban J connectivity index is 2.37. The predicted octanol–water partition coefficient (Wildman–Crippen LogP) is 6.03. The minimum Gasteiger partial charge on any atom is -0.0984 e. The summed E-state index contributed by atoms with van der Waals surface area (Å²) in [4.78, 5) is 0. The van der Waals surface area contributed by atoms with Gasteiger partial charge in [-0.1, -0.05) is 83.5 Å². The number of rotatable bonds is 3. The van der Waals surface area contributed by atoms with Crippen LogP contribution in [0.2, 0.25) is 0 Å². The maximum Gasteiger partial charge on any atom is 0.0111 e. The molecule has 0 nitrogen and oxygen atoms in total. The third-order valence-corrected chi connectivity index (χ3v) is 4.86. The number of allylic oxidation sites excluding steroid dienone is 3. The van der Waals surface area contributed by atoms with Gasteiger partial charge in [-0.15, -0.1) is 0 Å². The summed E-state index contributed by atoms with van der Waals surface area (Å²) in [6.45, 7) is 15.8. The quantitative estimate of drug-likeness (QED) is 0.587. The minimum atomic E-state index is 0.0496. The molecule has 1 aromatic rings. The molecular formula is C20H28. The van der Waals surface area contributed by atoms with Gasteiger partial charge in [0.25, 0.3) is 0 Å². The fourth-order valence-electron chi connectivity index (χ4n) is 3.36. The maximum atomic E-state index is 4.40. The summed E-state index contributed by atoms with van der Waals surface area (Å²) in [6.07, 6.45) is 5.88. The van der Waals surface area contributed by atoms with E-state index < -0.39 is 0 Å². The van der Waals surface area contributed by atoms with Crippen LogP contribution in [-0.2, 0) is 6.42 Å². The molecule has 0 aromatic heterocycles. The Morgan fingerprint density at radius 3 is 2.20 bits per heavy atom. The van der Waals surface area contributed by atoms with Crippen LogP contribution in [0.1, 0.15) is 58.6 Å². The minimum absolute atomic E-state index is 0.0496. The molecule has 0 amide bonds. The number of hydrogen-bond donors (Lipinski definition) is 0. The number of benzene rings is 1. The van der Waals surface area contributed by atoms with Crippen LogP contribution in [0.25, 0.3) is 5.57 Å². The average molecular weight is 268 g/mol. The smallest absolute Gasteiger partial charge is 0.0111 e. The summed E-state index contributed by atoms with van der Waals surface area (Å²) < 4.78 is 0. The largest absolute Gasteiger partial charge is 0.0984 e. The van der Waals surface area contributed by atoms with Crippen molar-refractivity contribution in [3.63, 3.8) is 0 Å². The van der Waals surface area contributed by atoms with E-state index in [4.69, 9.17) is 0 Å². The van der Waals surface area contributed by atoms with Crippen LogP contribution in [0.4, 0.5) is 0 Å². The first kappa shape index (κ1) is 15.1. The van der Waals surface area contributed by atoms with Crippen LogP contribution in [0.15, 0.2) is 42.5 Å². The van der Waals surface area contributed by atoms with E-state index in [0.29, 0.717) is 0 Å². The molecule has 0 heterocycles. The summed E-state index contributed by atoms with van der Waals surface area (Å²) >= 11 is 0. The first-order valence-electron chi connectivity index (χ1n) is 7.79. The summed E-state index contributed by atoms with van der Waals surface area (Å²) in [7, 11) is 0. The Morgan fingerprint density at radius 2 is 1.65 bits per heavy atom. The van der Waals surface area contributed by atoms with E-state index in [0.717, 1.165) is 6.42 Å². The van der Waals surface area contributed by atoms with E-state index in [1.165, 1.54) is 35.1 Å². The van der Waals surface area contributed by atoms with E-state index >= 15 is 0 Å². The Morgan fingerprint density at radius 1 is 1.05 bits per heavy atom. The monoisotopic (exact) mass is 268 g/mol. The highest BCUT2D eigenvalue weighted by Gasteiger charge is 2.39. The van der Waals surface area contributed by atoms with Crippen molar-refractivity contribution in [1.29, 1.82) is 0 Å². The van der Waals surface area contributed by atoms with Crippen molar-refractivity contribution < 1.29 is 0 Å². The SMILES string of the molecule is C=C1C(C)(C)CC=C(c2ccc(CCC)cc2)C1(C)C. The zero-order valence-corrected chi connectivity index (χ0v) is 13.7. The van der Waals surface area contributed by atoms with Gasteiger partial charge in [-0.2, -0.15) is 0 Å². The van der Waals surface area contributed by atoms with Gasteiger partial charge in [-0.3, -0.25) is 0 Å². The van der Waals surface area contributed by atoms with Crippen LogP contribution in [0, 0.1) is 10.8 Å². The molecule has 2 rings (SSSR count). The highest BCUT2D eigenvalue weighted by Crippen LogP contribution is 2.52. The summed E-state index contributed by atoms with van der Waals surface area (Å²) in [5.74, 6) is 0. The van der Waals surface area contributed by atoms with Crippen molar-refractivity contribution in [1.82, 2.24) is 0 Å². The van der Waals surface area contributed by atoms with Gasteiger partial charge in [0.2, 0.25) is 0 Å². The van der Waals surface area contributed by atoms with E-state index in [1.54, 1.807) is 0 Å². The summed E-state index contributed by atoms with van der Waals surface area (Å²) in [5.41, 5.74) is 5.82. The van der Waals surface area contributed by atoms with Gasteiger partial charge in [0, 0.05) is 5.41 Å². The molecule has 0 unspecified atom stereocenters. The molecule has 0 spiro atoms. The zero-order valence-electron chi connectivity index (χ0n) is 13.7. The van der Waals surface area contributed by atoms with Crippen LogP contribution >= 0.6 is 0 Å². The maximum absolute atomic E-state index is 4.40. The number of hydrogen-bond acceptors (Lipinski definition) is 0. The molecule has 0 atom stereocenters. The van der Waals surface area contributed by atoms with Gasteiger partial charge >= 0.3 is 0 Å². The molecule has 0 saturated heterocycles. The van der Waals surface area contributed by atoms with Crippen molar-refractivity contribution in [2.24, 2.45) is 10.8 Å². The number of aryl methyl sites for hydroxylation is 1. The molecule has 0 aliphatic heterocycles. The molecule has 0 fully saturated rings. The molecule has 0 heteroatoms. The van der Waals surface area contributed by atoms with E-state index in [2.05, 4.69) is 71.5 Å². The topological polar surface area (TPSA) is 0 Å². The van der Waals surface area contributed by atoms with Crippen LogP contribution in [0.3, 0.4) is 0 Å². The summed E-state index contributed by atoms with van der Waals surface area (Å²) in [5, 5.41) is 0. The third-order valence-electron chi connectivity index (χ3n) is 4.86. The van der Waals surface area contributed by atoms with Gasteiger partial charge in [-0.05, 0) is 35.0 Å². The molecule has 1 aliphatic carbocycles. The van der Waals surface area contributed by atoms with Crippen molar-refractivity contribution in [3.05, 3.63) is 53.6 Å². The van der Waals surface area contributed by atoms with Crippen molar-refractivity contribution >= 4 is 5.57 Å². The lowest BCUT2D eigenvalue weighted by Gasteiger charge is -2.44. The standard InChI is InChI=1S/C20H28/c1-7-8-16-9-11-17(12-10-16)18-13-14-19(3,4)15(2)20(18,5)6/h9-13H,2,7-8,14H2,1,3-6H3. The highest BCUT2D eigenvalue weighted by molar-refractivity contribution is 5.74. The lowest BCUT2D eigenvalue weighted by Crippen LogP contribution is -2.31. The van der Waals surface area contributed by atoms with Gasteiger partial charge in [0.1, 0.15) is 0 Å². The predicted molar refractivity (Wildman–Crippen MR) is 89.7 cm³/mol. The van der Waals surface area contributed by atoms with Gasteiger partial charge in [-0.25, -0.2) is 0 Å². The van der Waals surface area contributed by atoms with Gasteiger partial charge < -0.3 is 0 Å². The average Bonchev–Trinajstić information content (AvgIpc) is 2.38. The molecular weight excluding hydrogens is 240 g/mol. The molecule has 108 valence electrons. The first-order chi connectivity index (χ1) is 9.29. The molecule has 20 heavy (non-hydrogen) atoms. The second kappa shape index (κ2) is 5.24. The lowest BCUT2D eigenvalue weighted by molar-refractivity contribution is 0.356. The van der Waals surface area contributed by atoms with Crippen molar-refractivity contribution in [3.8, 4) is 0 Å². The molecule has 0 saturated carbocycles. The van der Waals surface area contributed by atoms with Crippen LogP contribution < -0.4 is 0 Å². The fourth-order valence-corrected chi connectivity index (χ4v) is 3.36. The van der Waals surface area contributed by atoms with E-state index in [-0.39, 0.29) is 10.8 Å². The Bertz CT molecular complexity index is 524. The Hall–Kier alpha value is -1.30. The second-order valence-electron chi connectivity index (χ2n) is 7.26. The lowest BCUT2D eigenvalue weighted by atomic mass is 9.60. The molecule has 0 radical (unpaired) electrons. The van der Waals surface area contributed by atoms with Gasteiger partial charge in [0.05, 0.1) is 0 Å². The molecule has 0 bridgehead atoms. The molecule has 1 aliphatic rings. The molecule has 0 N–H and O–H groups in total. The zero-order chi connectivity index (χ0) is 15.0. The second-order valence-corrected chi connectivity index (χ2v) is 7.26. The highest BCUT2D eigenvalue weighted by atomic mass is 14.4. The third kappa shape index (κ3) is 2.61. The first-order valence-corrected chi connectivity index (χ1v) is 7.79. The van der Waals surface area contributed by atoms with Crippen molar-refractivity contribution in [2.75, 3.05) is 0 Å². The normalized spacial score (nSPS) is 20.6. The summed E-state index contributed by atoms with van der Waals surface area (Å²) in [6, 6.07) is 9.12. The van der Waals surface area contributed by atoms with E-state index in [9.17, 15) is 0 Å². The van der Waals surface area contributed by atoms with Crippen LogP contribution in [-0.4, -0.2) is 0 Å². The van der Waals surface area contributed by atoms with Crippen LogP contribution in [0.5, 0.6) is 0 Å². The Labute approximate surface area is 124 Å². The fraction of sp³-hybridized carbons (Fsp3) is 0.500. The van der Waals surface area contributed by atoms with Crippen molar-refractivity contribution in [2.45, 2.75) is 53.9 Å². The molecule has 1 aromatic carbocycles. The van der Waals surface area contributed by atoms with Gasteiger partial charge in [0.15, 0.2) is 0 Å². The Kier molecular flexibility index (Phi) is 3.95. The van der Waals surface area contributed by atoms with E-state index in [1.807, 2.05) is 0 Å².